The average molecular weight is 328 g/mol. The molecule has 128 valence electrons. The first-order valence-electron chi connectivity index (χ1n) is 7.96. The highest BCUT2D eigenvalue weighted by Gasteiger charge is 2.06. The number of nitrogens with zero attached hydrogens (tertiary/aromatic N) is 3. The molecule has 2 aromatic rings. The maximum Gasteiger partial charge on any atom is 0.273 e. The number of aromatic nitrogens is 1. The lowest BCUT2D eigenvalue weighted by Gasteiger charge is -2.22. The summed E-state index contributed by atoms with van der Waals surface area (Å²) in [5.74, 6) is 0.311. The third kappa shape index (κ3) is 4.02. The maximum absolute atomic E-state index is 12.0. The van der Waals surface area contributed by atoms with E-state index in [4.69, 9.17) is 10.8 Å². The number of anilines is 2. The fourth-order valence-corrected chi connectivity index (χ4v) is 2.55. The van der Waals surface area contributed by atoms with Crippen molar-refractivity contribution in [1.29, 1.82) is 0 Å². The topological polar surface area (TPSA) is 83.8 Å². The Morgan fingerprint density at radius 3 is 2.62 bits per heavy atom. The Hall–Kier alpha value is -2.60. The largest absolute Gasteiger partial charge is 0.395 e. The van der Waals surface area contributed by atoms with Crippen LogP contribution in [0.1, 0.15) is 23.6 Å². The van der Waals surface area contributed by atoms with Crippen LogP contribution < -0.4 is 16.2 Å². The van der Waals surface area contributed by atoms with E-state index >= 15 is 0 Å². The van der Waals surface area contributed by atoms with Gasteiger partial charge >= 0.3 is 0 Å². The van der Waals surface area contributed by atoms with Gasteiger partial charge in [-0.25, -0.2) is 0 Å². The van der Waals surface area contributed by atoms with Crippen LogP contribution in [0.3, 0.4) is 0 Å². The van der Waals surface area contributed by atoms with Gasteiger partial charge in [-0.3, -0.25) is 4.79 Å². The van der Waals surface area contributed by atoms with Crippen LogP contribution in [-0.4, -0.2) is 35.7 Å². The van der Waals surface area contributed by atoms with Gasteiger partial charge in [-0.1, -0.05) is 6.07 Å². The van der Waals surface area contributed by atoms with E-state index in [2.05, 4.69) is 10.0 Å². The standard InChI is InChI=1S/C18H24N4O2/c1-4-21(7-8-23)16-6-5-15(14(3)11-16)12-20-22-17(19)9-13(2)10-18(22)24/h5-6,9-12,23H,4,7-8,19H2,1-3H3/b20-12-. The minimum absolute atomic E-state index is 0.117. The lowest BCUT2D eigenvalue weighted by atomic mass is 10.1. The van der Waals surface area contributed by atoms with Gasteiger partial charge in [0.05, 0.1) is 12.8 Å². The molecule has 0 unspecified atom stereocenters. The van der Waals surface area contributed by atoms with E-state index in [1.165, 1.54) is 10.7 Å². The zero-order chi connectivity index (χ0) is 17.7. The van der Waals surface area contributed by atoms with Gasteiger partial charge in [-0.2, -0.15) is 9.78 Å². The van der Waals surface area contributed by atoms with Crippen LogP contribution >= 0.6 is 0 Å². The summed E-state index contributed by atoms with van der Waals surface area (Å²) in [6, 6.07) is 9.18. The minimum Gasteiger partial charge on any atom is -0.395 e. The SMILES string of the molecule is CCN(CCO)c1ccc(/C=N\n2c(N)cc(C)cc2=O)c(C)c1. The minimum atomic E-state index is -0.252. The first kappa shape index (κ1) is 17.7. The van der Waals surface area contributed by atoms with Gasteiger partial charge in [0.1, 0.15) is 5.82 Å². The van der Waals surface area contributed by atoms with Crippen molar-refractivity contribution in [2.75, 3.05) is 30.3 Å². The summed E-state index contributed by atoms with van der Waals surface area (Å²) in [4.78, 5) is 14.1. The number of nitrogens with two attached hydrogens (primary N) is 1. The second-order valence-electron chi connectivity index (χ2n) is 5.70. The summed E-state index contributed by atoms with van der Waals surface area (Å²) < 4.78 is 1.18. The van der Waals surface area contributed by atoms with E-state index in [0.29, 0.717) is 12.4 Å². The lowest BCUT2D eigenvalue weighted by Crippen LogP contribution is -2.26. The predicted octanol–water partition coefficient (Wildman–Crippen LogP) is 1.75. The van der Waals surface area contributed by atoms with E-state index in [1.807, 2.05) is 39.0 Å². The van der Waals surface area contributed by atoms with Gasteiger partial charge in [0, 0.05) is 24.8 Å². The summed E-state index contributed by atoms with van der Waals surface area (Å²) in [5, 5.41) is 13.3. The highest BCUT2D eigenvalue weighted by molar-refractivity contribution is 5.82. The zero-order valence-corrected chi connectivity index (χ0v) is 14.4. The molecule has 0 amide bonds. The molecule has 0 aliphatic rings. The molecule has 0 fully saturated rings. The molecular weight excluding hydrogens is 304 g/mol. The van der Waals surface area contributed by atoms with Crippen LogP contribution in [-0.2, 0) is 0 Å². The molecule has 0 aliphatic heterocycles. The van der Waals surface area contributed by atoms with Crippen molar-refractivity contribution < 1.29 is 5.11 Å². The van der Waals surface area contributed by atoms with Gasteiger partial charge in [0.25, 0.3) is 5.56 Å². The molecular formula is C18H24N4O2. The summed E-state index contributed by atoms with van der Waals surface area (Å²) in [5.41, 5.74) is 9.41. The Bertz CT molecular complexity index is 796. The van der Waals surface area contributed by atoms with Crippen molar-refractivity contribution in [2.45, 2.75) is 20.8 Å². The van der Waals surface area contributed by atoms with Crippen LogP contribution in [0.4, 0.5) is 11.5 Å². The van der Waals surface area contributed by atoms with Crippen LogP contribution in [0, 0.1) is 13.8 Å². The van der Waals surface area contributed by atoms with E-state index in [0.717, 1.165) is 28.9 Å². The first-order chi connectivity index (χ1) is 11.5. The highest BCUT2D eigenvalue weighted by atomic mass is 16.3. The number of likely N-dealkylation sites (N-methyl/N-ethyl adjacent to an activating group) is 1. The maximum atomic E-state index is 12.0. The Morgan fingerprint density at radius 2 is 2.04 bits per heavy atom. The van der Waals surface area contributed by atoms with Crippen LogP contribution in [0.25, 0.3) is 0 Å². The fraction of sp³-hybridized carbons (Fsp3) is 0.333. The second-order valence-corrected chi connectivity index (χ2v) is 5.70. The van der Waals surface area contributed by atoms with E-state index in [9.17, 15) is 4.79 Å². The number of hydrogen-bond donors (Lipinski definition) is 2. The van der Waals surface area contributed by atoms with Crippen LogP contribution in [0.15, 0.2) is 40.2 Å². The van der Waals surface area contributed by atoms with Gasteiger partial charge in [0.15, 0.2) is 0 Å². The molecule has 1 heterocycles. The number of aliphatic hydroxyl groups is 1. The Morgan fingerprint density at radius 1 is 1.29 bits per heavy atom. The third-order valence-electron chi connectivity index (χ3n) is 3.86. The number of aliphatic hydroxyl groups excluding tert-OH is 1. The number of benzene rings is 1. The summed E-state index contributed by atoms with van der Waals surface area (Å²) >= 11 is 0. The summed E-state index contributed by atoms with van der Waals surface area (Å²) in [6.07, 6.45) is 1.63. The number of pyridine rings is 1. The Labute approximate surface area is 141 Å². The van der Waals surface area contributed by atoms with Gasteiger partial charge in [-0.15, -0.1) is 0 Å². The van der Waals surface area contributed by atoms with Crippen LogP contribution in [0.2, 0.25) is 0 Å². The third-order valence-corrected chi connectivity index (χ3v) is 3.86. The molecule has 0 spiro atoms. The molecule has 0 bridgehead atoms. The van der Waals surface area contributed by atoms with Crippen molar-refractivity contribution in [3.05, 3.63) is 57.4 Å². The second kappa shape index (κ2) is 7.79. The molecule has 1 aromatic heterocycles. The molecule has 0 atom stereocenters. The van der Waals surface area contributed by atoms with Gasteiger partial charge in [-0.05, 0) is 55.7 Å². The number of hydrogen-bond acceptors (Lipinski definition) is 5. The smallest absolute Gasteiger partial charge is 0.273 e. The van der Waals surface area contributed by atoms with Crippen molar-refractivity contribution in [1.82, 2.24) is 4.68 Å². The Kier molecular flexibility index (Phi) is 5.76. The molecule has 0 aliphatic carbocycles. The van der Waals surface area contributed by atoms with Gasteiger partial charge in [0.2, 0.25) is 0 Å². The Balaban J connectivity index is 2.30. The molecule has 24 heavy (non-hydrogen) atoms. The lowest BCUT2D eigenvalue weighted by molar-refractivity contribution is 0.302. The summed E-state index contributed by atoms with van der Waals surface area (Å²) in [7, 11) is 0. The number of rotatable bonds is 6. The molecule has 6 nitrogen and oxygen atoms in total. The normalized spacial score (nSPS) is 11.2. The molecule has 0 radical (unpaired) electrons. The summed E-state index contributed by atoms with van der Waals surface area (Å²) in [6.45, 7) is 7.39. The van der Waals surface area contributed by atoms with E-state index in [1.54, 1.807) is 12.3 Å². The monoisotopic (exact) mass is 328 g/mol. The molecule has 1 aromatic carbocycles. The molecule has 6 heteroatoms. The van der Waals surface area contributed by atoms with Crippen LogP contribution in [0.5, 0.6) is 0 Å². The number of aryl methyl sites for hydroxylation is 2. The quantitative estimate of drug-likeness (QED) is 0.791. The number of nitrogen functional groups attached to an aromatic ring is 1. The molecule has 3 N–H and O–H groups in total. The highest BCUT2D eigenvalue weighted by Crippen LogP contribution is 2.18. The predicted molar refractivity (Wildman–Crippen MR) is 99.0 cm³/mol. The van der Waals surface area contributed by atoms with E-state index < -0.39 is 0 Å². The molecule has 2 rings (SSSR count). The van der Waals surface area contributed by atoms with Crippen molar-refractivity contribution >= 4 is 17.7 Å². The zero-order valence-electron chi connectivity index (χ0n) is 14.4. The van der Waals surface area contributed by atoms with Crippen molar-refractivity contribution in [3.63, 3.8) is 0 Å². The molecule has 0 saturated heterocycles. The van der Waals surface area contributed by atoms with Crippen molar-refractivity contribution in [3.8, 4) is 0 Å². The molecule has 0 saturated carbocycles. The fourth-order valence-electron chi connectivity index (χ4n) is 2.55. The van der Waals surface area contributed by atoms with E-state index in [-0.39, 0.29) is 12.2 Å². The van der Waals surface area contributed by atoms with Gasteiger partial charge < -0.3 is 15.7 Å². The first-order valence-corrected chi connectivity index (χ1v) is 7.96. The van der Waals surface area contributed by atoms with Crippen molar-refractivity contribution in [2.24, 2.45) is 5.10 Å². The average Bonchev–Trinajstić information content (AvgIpc) is 2.52.